The van der Waals surface area contributed by atoms with Crippen molar-refractivity contribution in [3.63, 3.8) is 0 Å². The molecule has 2 rings (SSSR count). The van der Waals surface area contributed by atoms with Gasteiger partial charge in [0, 0.05) is 32.1 Å². The number of aliphatic carboxylic acids is 1. The summed E-state index contributed by atoms with van der Waals surface area (Å²) < 4.78 is 38.8. The highest BCUT2D eigenvalue weighted by molar-refractivity contribution is 5.79. The molecule has 0 aromatic carbocycles. The first-order valence-corrected chi connectivity index (χ1v) is 9.30. The first kappa shape index (κ1) is 21.3. The molecular formula is C17H26F3N3O4. The third-order valence-corrected chi connectivity index (χ3v) is 5.20. The number of hydrogen-bond acceptors (Lipinski definition) is 3. The summed E-state index contributed by atoms with van der Waals surface area (Å²) in [7, 11) is 0. The zero-order valence-corrected chi connectivity index (χ0v) is 15.1. The fourth-order valence-corrected chi connectivity index (χ4v) is 3.67. The molecule has 2 atom stereocenters. The number of likely N-dealkylation sites (tertiary alicyclic amines) is 1. The summed E-state index contributed by atoms with van der Waals surface area (Å²) in [6.45, 7) is -0.841. The molecule has 1 saturated carbocycles. The van der Waals surface area contributed by atoms with Crippen molar-refractivity contribution in [3.05, 3.63) is 0 Å². The van der Waals surface area contributed by atoms with E-state index in [0.29, 0.717) is 0 Å². The summed E-state index contributed by atoms with van der Waals surface area (Å²) in [6.07, 6.45) is 0.838. The van der Waals surface area contributed by atoms with Crippen LogP contribution in [0.1, 0.15) is 44.9 Å². The van der Waals surface area contributed by atoms with E-state index in [4.69, 9.17) is 5.11 Å². The van der Waals surface area contributed by atoms with E-state index >= 15 is 0 Å². The average molecular weight is 393 g/mol. The fraction of sp³-hybridized carbons (Fsp3) is 0.824. The standard InChI is InChI=1S/C17H26F3N3O4/c18-17(19,20)13-10-23(9-12(13)15(25)26)14(24)7-4-8-21-16(27)22-11-5-2-1-3-6-11/h11-13H,1-10H2,(H,25,26)(H2,21,22,27)/t12-,13-/m1/s1. The first-order chi connectivity index (χ1) is 12.7. The van der Waals surface area contributed by atoms with Crippen molar-refractivity contribution in [3.8, 4) is 0 Å². The van der Waals surface area contributed by atoms with Crippen LogP contribution in [0.25, 0.3) is 0 Å². The van der Waals surface area contributed by atoms with E-state index in [-0.39, 0.29) is 31.5 Å². The van der Waals surface area contributed by atoms with Crippen LogP contribution in [-0.4, -0.2) is 59.8 Å². The van der Waals surface area contributed by atoms with Crippen LogP contribution >= 0.6 is 0 Å². The third-order valence-electron chi connectivity index (χ3n) is 5.20. The monoisotopic (exact) mass is 393 g/mol. The van der Waals surface area contributed by atoms with E-state index in [1.54, 1.807) is 0 Å². The van der Waals surface area contributed by atoms with E-state index in [9.17, 15) is 27.6 Å². The SMILES string of the molecule is O=C(NCCCC(=O)N1C[C@@H](C(F)(F)F)[C@H](C(=O)O)C1)NC1CCCCC1. The maximum absolute atomic E-state index is 12.9. The van der Waals surface area contributed by atoms with Gasteiger partial charge in [-0.2, -0.15) is 13.2 Å². The lowest BCUT2D eigenvalue weighted by Crippen LogP contribution is -2.43. The van der Waals surface area contributed by atoms with Crippen LogP contribution in [0, 0.1) is 11.8 Å². The Morgan fingerprint density at radius 2 is 1.74 bits per heavy atom. The largest absolute Gasteiger partial charge is 0.481 e. The van der Waals surface area contributed by atoms with Gasteiger partial charge < -0.3 is 20.6 Å². The van der Waals surface area contributed by atoms with Crippen LogP contribution < -0.4 is 10.6 Å². The molecule has 0 unspecified atom stereocenters. The Morgan fingerprint density at radius 3 is 2.30 bits per heavy atom. The van der Waals surface area contributed by atoms with Crippen LogP contribution in [0.4, 0.5) is 18.0 Å². The van der Waals surface area contributed by atoms with Gasteiger partial charge in [-0.15, -0.1) is 0 Å². The molecule has 1 aliphatic heterocycles. The van der Waals surface area contributed by atoms with Crippen molar-refractivity contribution in [1.82, 2.24) is 15.5 Å². The van der Waals surface area contributed by atoms with Crippen molar-refractivity contribution in [2.75, 3.05) is 19.6 Å². The molecule has 1 saturated heterocycles. The maximum Gasteiger partial charge on any atom is 0.394 e. The number of urea groups is 1. The van der Waals surface area contributed by atoms with Crippen molar-refractivity contribution < 1.29 is 32.7 Å². The maximum atomic E-state index is 12.9. The van der Waals surface area contributed by atoms with E-state index in [1.165, 1.54) is 6.42 Å². The van der Waals surface area contributed by atoms with Crippen LogP contribution in [0.15, 0.2) is 0 Å². The summed E-state index contributed by atoms with van der Waals surface area (Å²) >= 11 is 0. The zero-order chi connectivity index (χ0) is 20.0. The molecule has 0 aromatic rings. The van der Waals surface area contributed by atoms with Crippen molar-refractivity contribution in [2.24, 2.45) is 11.8 Å². The van der Waals surface area contributed by atoms with Gasteiger partial charge in [0.2, 0.25) is 5.91 Å². The number of carbonyl (C=O) groups is 3. The summed E-state index contributed by atoms with van der Waals surface area (Å²) in [5.41, 5.74) is 0. The summed E-state index contributed by atoms with van der Waals surface area (Å²) in [5, 5.41) is 14.5. The van der Waals surface area contributed by atoms with Gasteiger partial charge in [-0.1, -0.05) is 19.3 Å². The lowest BCUT2D eigenvalue weighted by Gasteiger charge is -2.23. The molecule has 27 heavy (non-hydrogen) atoms. The van der Waals surface area contributed by atoms with Gasteiger partial charge in [-0.05, 0) is 19.3 Å². The lowest BCUT2D eigenvalue weighted by molar-refractivity contribution is -0.188. The predicted molar refractivity (Wildman–Crippen MR) is 89.9 cm³/mol. The minimum absolute atomic E-state index is 0.0410. The molecule has 0 radical (unpaired) electrons. The minimum atomic E-state index is -4.66. The zero-order valence-electron chi connectivity index (χ0n) is 15.1. The molecule has 10 heteroatoms. The van der Waals surface area contributed by atoms with Crippen LogP contribution in [0.5, 0.6) is 0 Å². The summed E-state index contributed by atoms with van der Waals surface area (Å²) in [5.74, 6) is -5.75. The molecule has 0 spiro atoms. The molecule has 1 heterocycles. The molecule has 0 aromatic heterocycles. The van der Waals surface area contributed by atoms with Gasteiger partial charge in [0.15, 0.2) is 0 Å². The smallest absolute Gasteiger partial charge is 0.394 e. The normalized spacial score (nSPS) is 23.9. The number of nitrogens with zero attached hydrogens (tertiary/aromatic N) is 1. The molecular weight excluding hydrogens is 367 g/mol. The average Bonchev–Trinajstić information content (AvgIpc) is 3.05. The summed E-state index contributed by atoms with van der Waals surface area (Å²) in [6, 6.07) is -0.143. The number of alkyl halides is 3. The number of amides is 3. The number of hydrogen-bond donors (Lipinski definition) is 3. The van der Waals surface area contributed by atoms with E-state index in [1.807, 2.05) is 0 Å². The second kappa shape index (κ2) is 9.27. The van der Waals surface area contributed by atoms with Gasteiger partial charge in [-0.3, -0.25) is 9.59 Å². The van der Waals surface area contributed by atoms with Crippen molar-refractivity contribution >= 4 is 17.9 Å². The first-order valence-electron chi connectivity index (χ1n) is 9.30. The fourth-order valence-electron chi connectivity index (χ4n) is 3.67. The van der Waals surface area contributed by atoms with Crippen LogP contribution in [0.3, 0.4) is 0 Å². The van der Waals surface area contributed by atoms with Gasteiger partial charge >= 0.3 is 18.2 Å². The predicted octanol–water partition coefficient (Wildman–Crippen LogP) is 2.12. The molecule has 1 aliphatic carbocycles. The topological polar surface area (TPSA) is 98.7 Å². The van der Waals surface area contributed by atoms with Crippen molar-refractivity contribution in [1.29, 1.82) is 0 Å². The van der Waals surface area contributed by atoms with Gasteiger partial charge in [0.1, 0.15) is 0 Å². The Kier molecular flexibility index (Phi) is 7.32. The third kappa shape index (κ3) is 6.28. The van der Waals surface area contributed by atoms with E-state index in [0.717, 1.165) is 30.6 Å². The Hall–Kier alpha value is -2.00. The number of halogens is 3. The highest BCUT2D eigenvalue weighted by Gasteiger charge is 2.53. The highest BCUT2D eigenvalue weighted by atomic mass is 19.4. The van der Waals surface area contributed by atoms with Gasteiger partial charge in [-0.25, -0.2) is 4.79 Å². The second-order valence-electron chi connectivity index (χ2n) is 7.23. The van der Waals surface area contributed by atoms with Crippen LogP contribution in [0.2, 0.25) is 0 Å². The number of carboxylic acids is 1. The summed E-state index contributed by atoms with van der Waals surface area (Å²) in [4.78, 5) is 35.9. The lowest BCUT2D eigenvalue weighted by atomic mass is 9.96. The molecule has 3 N–H and O–H groups in total. The Bertz CT molecular complexity index is 550. The minimum Gasteiger partial charge on any atom is -0.481 e. The highest BCUT2D eigenvalue weighted by Crippen LogP contribution is 2.37. The molecule has 2 aliphatic rings. The Morgan fingerprint density at radius 1 is 1.07 bits per heavy atom. The van der Waals surface area contributed by atoms with Gasteiger partial charge in [0.05, 0.1) is 11.8 Å². The number of rotatable bonds is 6. The molecule has 3 amide bonds. The quantitative estimate of drug-likeness (QED) is 0.602. The molecule has 7 nitrogen and oxygen atoms in total. The number of carboxylic acid groups (broad SMARTS) is 1. The molecule has 0 bridgehead atoms. The van der Waals surface area contributed by atoms with Gasteiger partial charge in [0.25, 0.3) is 0 Å². The number of carbonyl (C=O) groups excluding carboxylic acids is 2. The molecule has 2 fully saturated rings. The van der Waals surface area contributed by atoms with Crippen molar-refractivity contribution in [2.45, 2.75) is 57.2 Å². The molecule has 154 valence electrons. The van der Waals surface area contributed by atoms with Crippen LogP contribution in [-0.2, 0) is 9.59 Å². The Balaban J connectivity index is 1.69. The second-order valence-corrected chi connectivity index (χ2v) is 7.23. The Labute approximate surface area is 155 Å². The van der Waals surface area contributed by atoms with E-state index < -0.39 is 43.0 Å². The van der Waals surface area contributed by atoms with E-state index in [2.05, 4.69) is 10.6 Å². The number of nitrogens with one attached hydrogen (secondary N) is 2.